The molecule has 1 aliphatic rings. The molecule has 0 saturated carbocycles. The fraction of sp³-hybridized carbons (Fsp3) is 0.375. The van der Waals surface area contributed by atoms with E-state index in [4.69, 9.17) is 5.14 Å². The Hall–Kier alpha value is -0.410. The number of hydrogen-bond acceptors (Lipinski definition) is 6. The standard InChI is InChI=1S/C8H10N2O3S3/c1-10-5-3-14-8-4(7(5)11)2-6(15-8)16(9,12)13/h2,5,10H,3H2,1H3,(H2,9,12,13). The number of thiophene rings is 1. The van der Waals surface area contributed by atoms with Gasteiger partial charge in [0.1, 0.15) is 4.21 Å². The molecule has 1 unspecified atom stereocenters. The van der Waals surface area contributed by atoms with Gasteiger partial charge in [0, 0.05) is 11.3 Å². The van der Waals surface area contributed by atoms with Crippen molar-refractivity contribution in [1.29, 1.82) is 0 Å². The van der Waals surface area contributed by atoms with Crippen molar-refractivity contribution in [2.24, 2.45) is 5.14 Å². The van der Waals surface area contributed by atoms with Gasteiger partial charge < -0.3 is 5.32 Å². The lowest BCUT2D eigenvalue weighted by molar-refractivity contribution is 0.0952. The molecular weight excluding hydrogens is 268 g/mol. The van der Waals surface area contributed by atoms with Crippen LogP contribution in [0.5, 0.6) is 0 Å². The van der Waals surface area contributed by atoms with E-state index in [0.717, 1.165) is 15.5 Å². The summed E-state index contributed by atoms with van der Waals surface area (Å²) in [6, 6.07) is 1.12. The first kappa shape index (κ1) is 12.1. The zero-order chi connectivity index (χ0) is 11.9. The molecule has 2 rings (SSSR count). The third kappa shape index (κ3) is 2.03. The van der Waals surface area contributed by atoms with Gasteiger partial charge in [-0.1, -0.05) is 0 Å². The van der Waals surface area contributed by atoms with E-state index in [0.29, 0.717) is 11.3 Å². The fourth-order valence-electron chi connectivity index (χ4n) is 1.41. The maximum absolute atomic E-state index is 11.9. The molecule has 0 fully saturated rings. The number of carbonyl (C=O) groups is 1. The third-order valence-electron chi connectivity index (χ3n) is 2.27. The number of rotatable bonds is 2. The summed E-state index contributed by atoms with van der Waals surface area (Å²) in [7, 11) is -2.00. The van der Waals surface area contributed by atoms with Crippen molar-refractivity contribution in [3.8, 4) is 0 Å². The van der Waals surface area contributed by atoms with Crippen molar-refractivity contribution < 1.29 is 13.2 Å². The van der Waals surface area contributed by atoms with Crippen LogP contribution in [0.2, 0.25) is 0 Å². The number of primary sulfonamides is 1. The molecule has 0 radical (unpaired) electrons. The third-order valence-corrected chi connectivity index (χ3v) is 6.20. The Morgan fingerprint density at radius 2 is 2.25 bits per heavy atom. The summed E-state index contributed by atoms with van der Waals surface area (Å²) >= 11 is 2.54. The zero-order valence-corrected chi connectivity index (χ0v) is 10.8. The summed E-state index contributed by atoms with van der Waals surface area (Å²) < 4.78 is 23.1. The van der Waals surface area contributed by atoms with Crippen LogP contribution in [0, 0.1) is 0 Å². The summed E-state index contributed by atoms with van der Waals surface area (Å²) in [5.74, 6) is 0.551. The highest BCUT2D eigenvalue weighted by atomic mass is 32.3. The molecule has 1 atom stereocenters. The number of fused-ring (bicyclic) bond motifs is 1. The number of thioether (sulfide) groups is 1. The molecule has 1 aromatic rings. The number of carbonyl (C=O) groups excluding carboxylic acids is 1. The van der Waals surface area contributed by atoms with Gasteiger partial charge in [0.15, 0.2) is 5.78 Å². The van der Waals surface area contributed by atoms with Crippen molar-refractivity contribution in [2.75, 3.05) is 12.8 Å². The Balaban J connectivity index is 2.47. The maximum Gasteiger partial charge on any atom is 0.247 e. The Morgan fingerprint density at radius 3 is 2.81 bits per heavy atom. The normalized spacial score (nSPS) is 20.9. The first-order valence-electron chi connectivity index (χ1n) is 4.44. The number of hydrogen-bond donors (Lipinski definition) is 2. The largest absolute Gasteiger partial charge is 0.310 e. The maximum atomic E-state index is 11.9. The first-order valence-corrected chi connectivity index (χ1v) is 7.79. The number of likely N-dealkylation sites (N-methyl/N-ethyl adjacent to an activating group) is 1. The lowest BCUT2D eigenvalue weighted by Crippen LogP contribution is -2.38. The van der Waals surface area contributed by atoms with Gasteiger partial charge in [0.25, 0.3) is 0 Å². The van der Waals surface area contributed by atoms with Crippen LogP contribution in [-0.2, 0) is 10.0 Å². The number of sulfonamides is 1. The minimum absolute atomic E-state index is 0.0510. The second-order valence-electron chi connectivity index (χ2n) is 3.33. The monoisotopic (exact) mass is 278 g/mol. The predicted molar refractivity (Wildman–Crippen MR) is 63.6 cm³/mol. The lowest BCUT2D eigenvalue weighted by Gasteiger charge is -2.18. The van der Waals surface area contributed by atoms with Gasteiger partial charge in [-0.2, -0.15) is 0 Å². The number of nitrogens with two attached hydrogens (primary N) is 1. The first-order chi connectivity index (χ1) is 7.43. The molecule has 5 nitrogen and oxygen atoms in total. The van der Waals surface area contributed by atoms with Crippen LogP contribution in [0.1, 0.15) is 10.4 Å². The van der Waals surface area contributed by atoms with Crippen molar-refractivity contribution >= 4 is 38.9 Å². The molecule has 0 bridgehead atoms. The summed E-state index contributed by atoms with van der Waals surface area (Å²) in [6.45, 7) is 0. The van der Waals surface area contributed by atoms with Gasteiger partial charge in [0.05, 0.1) is 10.3 Å². The Labute approximate surface area is 101 Å². The molecule has 0 spiro atoms. The summed E-state index contributed by atoms with van der Waals surface area (Å²) in [4.78, 5) is 11.9. The molecule has 0 saturated heterocycles. The molecule has 2 heterocycles. The SMILES string of the molecule is CNC1CSc2sc(S(N)(=O)=O)cc2C1=O. The van der Waals surface area contributed by atoms with Gasteiger partial charge in [-0.15, -0.1) is 23.1 Å². The van der Waals surface area contributed by atoms with Gasteiger partial charge in [0.2, 0.25) is 10.0 Å². The quantitative estimate of drug-likeness (QED) is 0.810. The van der Waals surface area contributed by atoms with Crippen LogP contribution < -0.4 is 10.5 Å². The van der Waals surface area contributed by atoms with Gasteiger partial charge in [-0.25, -0.2) is 13.6 Å². The fourth-order valence-corrected chi connectivity index (χ4v) is 4.85. The van der Waals surface area contributed by atoms with Crippen molar-refractivity contribution in [3.63, 3.8) is 0 Å². The number of nitrogens with one attached hydrogen (secondary N) is 1. The zero-order valence-electron chi connectivity index (χ0n) is 8.39. The van der Waals surface area contributed by atoms with E-state index < -0.39 is 10.0 Å². The van der Waals surface area contributed by atoms with Crippen LogP contribution in [0.25, 0.3) is 0 Å². The highest BCUT2D eigenvalue weighted by molar-refractivity contribution is 8.01. The Kier molecular flexibility index (Phi) is 3.10. The van der Waals surface area contributed by atoms with Crippen LogP contribution >= 0.6 is 23.1 Å². The van der Waals surface area contributed by atoms with Crippen LogP contribution in [0.15, 0.2) is 14.5 Å². The Morgan fingerprint density at radius 1 is 1.56 bits per heavy atom. The van der Waals surface area contributed by atoms with Crippen molar-refractivity contribution in [3.05, 3.63) is 11.6 Å². The molecule has 16 heavy (non-hydrogen) atoms. The molecule has 88 valence electrons. The minimum Gasteiger partial charge on any atom is -0.310 e. The molecule has 0 amide bonds. The smallest absolute Gasteiger partial charge is 0.247 e. The lowest BCUT2D eigenvalue weighted by atomic mass is 10.1. The van der Waals surface area contributed by atoms with Crippen LogP contribution in [0.3, 0.4) is 0 Å². The molecule has 1 aliphatic heterocycles. The highest BCUT2D eigenvalue weighted by Gasteiger charge is 2.30. The van der Waals surface area contributed by atoms with E-state index in [1.54, 1.807) is 7.05 Å². The van der Waals surface area contributed by atoms with Gasteiger partial charge >= 0.3 is 0 Å². The van der Waals surface area contributed by atoms with Crippen LogP contribution in [-0.4, -0.2) is 33.0 Å². The van der Waals surface area contributed by atoms with E-state index in [1.165, 1.54) is 17.8 Å². The highest BCUT2D eigenvalue weighted by Crippen LogP contribution is 2.38. The van der Waals surface area contributed by atoms with Gasteiger partial charge in [-0.3, -0.25) is 4.79 Å². The van der Waals surface area contributed by atoms with E-state index >= 15 is 0 Å². The average Bonchev–Trinajstić information content (AvgIpc) is 2.62. The molecule has 0 aliphatic carbocycles. The van der Waals surface area contributed by atoms with Crippen molar-refractivity contribution in [1.82, 2.24) is 5.32 Å². The molecule has 1 aromatic heterocycles. The van der Waals surface area contributed by atoms with E-state index in [2.05, 4.69) is 5.32 Å². The van der Waals surface area contributed by atoms with Crippen molar-refractivity contribution in [2.45, 2.75) is 14.5 Å². The summed E-state index contributed by atoms with van der Waals surface area (Å²) in [5, 5.41) is 7.92. The van der Waals surface area contributed by atoms with E-state index in [9.17, 15) is 13.2 Å². The molecule has 8 heteroatoms. The topological polar surface area (TPSA) is 89.3 Å². The van der Waals surface area contributed by atoms with E-state index in [-0.39, 0.29) is 16.0 Å². The average molecular weight is 278 g/mol. The Bertz CT molecular complexity index is 535. The second kappa shape index (κ2) is 4.11. The van der Waals surface area contributed by atoms with E-state index in [1.807, 2.05) is 0 Å². The predicted octanol–water partition coefficient (Wildman–Crippen LogP) is 0.272. The second-order valence-corrected chi connectivity index (χ2v) is 7.46. The van der Waals surface area contributed by atoms with Crippen LogP contribution in [0.4, 0.5) is 0 Å². The number of Topliss-reactive ketones (excluding diaryl/α,β-unsaturated/α-hetero) is 1. The van der Waals surface area contributed by atoms with Gasteiger partial charge in [-0.05, 0) is 13.1 Å². The summed E-state index contributed by atoms with van der Waals surface area (Å²) in [6.07, 6.45) is 0. The minimum atomic E-state index is -3.71. The number of ketones is 1. The molecule has 0 aromatic carbocycles. The molecule has 3 N–H and O–H groups in total. The summed E-state index contributed by atoms with van der Waals surface area (Å²) in [5.41, 5.74) is 0.463. The molecular formula is C8H10N2O3S3.